The zero-order valence-electron chi connectivity index (χ0n) is 17.2. The first-order valence-electron chi connectivity index (χ1n) is 9.62. The molecule has 2 aromatic carbocycles. The van der Waals surface area contributed by atoms with Gasteiger partial charge in [-0.25, -0.2) is 18.7 Å². The predicted octanol–water partition coefficient (Wildman–Crippen LogP) is 5.88. The molecule has 33 heavy (non-hydrogen) atoms. The molecule has 0 radical (unpaired) electrons. The van der Waals surface area contributed by atoms with Gasteiger partial charge in [-0.15, -0.1) is 22.7 Å². The standard InChI is InChI=1S/C23H16F2N4O2S2/c1-14(30)29(20-8-3-2-7-18(20)25)23-26-17(12-33-23)9-10-21(31)28-22-27-19(13-32-22)15-5-4-6-16(24)11-15/h2-13H,1H3,(H,27,28,31)/b10-9+. The molecule has 0 aliphatic heterocycles. The highest BCUT2D eigenvalue weighted by Crippen LogP contribution is 2.31. The van der Waals surface area contributed by atoms with Gasteiger partial charge in [-0.2, -0.15) is 0 Å². The normalized spacial score (nSPS) is 11.0. The van der Waals surface area contributed by atoms with E-state index in [9.17, 15) is 18.4 Å². The van der Waals surface area contributed by atoms with Gasteiger partial charge in [-0.3, -0.25) is 19.8 Å². The van der Waals surface area contributed by atoms with E-state index < -0.39 is 11.7 Å². The summed E-state index contributed by atoms with van der Waals surface area (Å²) in [6.45, 7) is 1.32. The van der Waals surface area contributed by atoms with Gasteiger partial charge in [0.25, 0.3) is 0 Å². The molecule has 4 rings (SSSR count). The van der Waals surface area contributed by atoms with Crippen molar-refractivity contribution in [1.29, 1.82) is 0 Å². The second-order valence-electron chi connectivity index (χ2n) is 6.73. The van der Waals surface area contributed by atoms with Crippen LogP contribution in [0.25, 0.3) is 17.3 Å². The number of amides is 2. The first-order valence-corrected chi connectivity index (χ1v) is 11.4. The van der Waals surface area contributed by atoms with E-state index in [-0.39, 0.29) is 22.5 Å². The molecule has 2 heterocycles. The van der Waals surface area contributed by atoms with Crippen molar-refractivity contribution in [2.75, 3.05) is 10.2 Å². The van der Waals surface area contributed by atoms with Gasteiger partial charge in [0.15, 0.2) is 10.3 Å². The lowest BCUT2D eigenvalue weighted by Gasteiger charge is -2.18. The average molecular weight is 483 g/mol. The second kappa shape index (κ2) is 9.80. The van der Waals surface area contributed by atoms with Gasteiger partial charge in [-0.1, -0.05) is 24.3 Å². The molecule has 4 aromatic rings. The van der Waals surface area contributed by atoms with Crippen molar-refractivity contribution in [3.63, 3.8) is 0 Å². The molecule has 6 nitrogen and oxygen atoms in total. The van der Waals surface area contributed by atoms with Crippen LogP contribution in [-0.2, 0) is 9.59 Å². The van der Waals surface area contributed by atoms with Crippen molar-refractivity contribution in [2.45, 2.75) is 6.92 Å². The van der Waals surface area contributed by atoms with Gasteiger partial charge in [-0.05, 0) is 30.3 Å². The monoisotopic (exact) mass is 482 g/mol. The maximum Gasteiger partial charge on any atom is 0.250 e. The Kier molecular flexibility index (Phi) is 6.66. The summed E-state index contributed by atoms with van der Waals surface area (Å²) in [5.74, 6) is -1.72. The van der Waals surface area contributed by atoms with Gasteiger partial charge in [0, 0.05) is 29.3 Å². The average Bonchev–Trinajstić information content (AvgIpc) is 3.44. The predicted molar refractivity (Wildman–Crippen MR) is 127 cm³/mol. The number of anilines is 3. The van der Waals surface area contributed by atoms with Crippen LogP contribution in [0.5, 0.6) is 0 Å². The highest BCUT2D eigenvalue weighted by molar-refractivity contribution is 7.14. The molecule has 0 unspecified atom stereocenters. The third-order valence-electron chi connectivity index (χ3n) is 4.37. The van der Waals surface area contributed by atoms with E-state index in [1.54, 1.807) is 29.0 Å². The number of nitrogens with zero attached hydrogens (tertiary/aromatic N) is 3. The lowest BCUT2D eigenvalue weighted by atomic mass is 10.2. The van der Waals surface area contributed by atoms with E-state index in [2.05, 4.69) is 15.3 Å². The van der Waals surface area contributed by atoms with E-state index in [4.69, 9.17) is 0 Å². The minimum Gasteiger partial charge on any atom is -0.298 e. The Morgan fingerprint density at radius 1 is 1.03 bits per heavy atom. The van der Waals surface area contributed by atoms with E-state index in [0.717, 1.165) is 11.3 Å². The van der Waals surface area contributed by atoms with Crippen LogP contribution >= 0.6 is 22.7 Å². The van der Waals surface area contributed by atoms with Gasteiger partial charge >= 0.3 is 0 Å². The van der Waals surface area contributed by atoms with Crippen LogP contribution in [0.4, 0.5) is 24.7 Å². The molecule has 2 amide bonds. The third kappa shape index (κ3) is 5.36. The molecule has 0 saturated heterocycles. The van der Waals surface area contributed by atoms with E-state index >= 15 is 0 Å². The molecule has 0 spiro atoms. The fourth-order valence-electron chi connectivity index (χ4n) is 2.92. The molecule has 0 aliphatic rings. The highest BCUT2D eigenvalue weighted by atomic mass is 32.1. The number of halogens is 2. The Morgan fingerprint density at radius 2 is 1.85 bits per heavy atom. The number of thiazole rings is 2. The molecule has 1 N–H and O–H groups in total. The lowest BCUT2D eigenvalue weighted by Crippen LogP contribution is -2.23. The topological polar surface area (TPSA) is 75.2 Å². The van der Waals surface area contributed by atoms with Crippen LogP contribution in [0, 0.1) is 11.6 Å². The summed E-state index contributed by atoms with van der Waals surface area (Å²) in [5, 5.41) is 6.67. The zero-order chi connectivity index (χ0) is 23.4. The van der Waals surface area contributed by atoms with Crippen molar-refractivity contribution < 1.29 is 18.4 Å². The summed E-state index contributed by atoms with van der Waals surface area (Å²) in [4.78, 5) is 34.2. The van der Waals surface area contributed by atoms with Crippen molar-refractivity contribution in [2.24, 2.45) is 0 Å². The van der Waals surface area contributed by atoms with Crippen molar-refractivity contribution in [3.8, 4) is 11.3 Å². The van der Waals surface area contributed by atoms with Crippen LogP contribution < -0.4 is 10.2 Å². The number of nitrogens with one attached hydrogen (secondary N) is 1. The maximum atomic E-state index is 14.2. The van der Waals surface area contributed by atoms with Gasteiger partial charge in [0.1, 0.15) is 11.6 Å². The number of para-hydroxylation sites is 1. The molecule has 0 atom stereocenters. The van der Waals surface area contributed by atoms with Crippen molar-refractivity contribution in [3.05, 3.63) is 82.7 Å². The fourth-order valence-corrected chi connectivity index (χ4v) is 4.49. The minimum atomic E-state index is -0.541. The Morgan fingerprint density at radius 3 is 2.61 bits per heavy atom. The molecule has 166 valence electrons. The lowest BCUT2D eigenvalue weighted by molar-refractivity contribution is -0.116. The number of benzene rings is 2. The quantitative estimate of drug-likeness (QED) is 0.348. The summed E-state index contributed by atoms with van der Waals surface area (Å²) >= 11 is 2.37. The number of aromatic nitrogens is 2. The Hall–Kier alpha value is -3.76. The molecule has 2 aromatic heterocycles. The van der Waals surface area contributed by atoms with Gasteiger partial charge in [0.2, 0.25) is 11.8 Å². The third-order valence-corrected chi connectivity index (χ3v) is 5.97. The maximum absolute atomic E-state index is 14.2. The summed E-state index contributed by atoms with van der Waals surface area (Å²) in [7, 11) is 0. The molecule has 0 aliphatic carbocycles. The highest BCUT2D eigenvalue weighted by Gasteiger charge is 2.20. The summed E-state index contributed by atoms with van der Waals surface area (Å²) in [6, 6.07) is 12.0. The second-order valence-corrected chi connectivity index (χ2v) is 8.43. The Labute approximate surface area is 195 Å². The molecule has 0 fully saturated rings. The molecular formula is C23H16F2N4O2S2. The van der Waals surface area contributed by atoms with E-state index in [1.807, 2.05) is 0 Å². The first-order chi connectivity index (χ1) is 15.9. The van der Waals surface area contributed by atoms with Crippen LogP contribution in [-0.4, -0.2) is 21.8 Å². The van der Waals surface area contributed by atoms with Crippen LogP contribution in [0.1, 0.15) is 12.6 Å². The number of rotatable bonds is 6. The minimum absolute atomic E-state index is 0.102. The SMILES string of the molecule is CC(=O)N(c1nc(/C=C/C(=O)Nc2nc(-c3cccc(F)c3)cs2)cs1)c1ccccc1F. The molecule has 0 bridgehead atoms. The number of carbonyl (C=O) groups excluding carboxylic acids is 2. The summed E-state index contributed by atoms with van der Waals surface area (Å²) in [6.07, 6.45) is 2.76. The summed E-state index contributed by atoms with van der Waals surface area (Å²) in [5.41, 5.74) is 1.71. The number of carbonyl (C=O) groups is 2. The molecular weight excluding hydrogens is 466 g/mol. The molecule has 0 saturated carbocycles. The summed E-state index contributed by atoms with van der Waals surface area (Å²) < 4.78 is 27.6. The number of hydrogen-bond donors (Lipinski definition) is 1. The number of hydrogen-bond acceptors (Lipinski definition) is 6. The van der Waals surface area contributed by atoms with Crippen molar-refractivity contribution >= 4 is 56.5 Å². The Balaban J connectivity index is 1.44. The zero-order valence-corrected chi connectivity index (χ0v) is 18.8. The largest absolute Gasteiger partial charge is 0.298 e. The van der Waals surface area contributed by atoms with Crippen LogP contribution in [0.3, 0.4) is 0 Å². The first kappa shape index (κ1) is 22.4. The van der Waals surface area contributed by atoms with E-state index in [1.165, 1.54) is 65.6 Å². The van der Waals surface area contributed by atoms with Gasteiger partial charge in [0.05, 0.1) is 17.1 Å². The van der Waals surface area contributed by atoms with Gasteiger partial charge < -0.3 is 0 Å². The smallest absolute Gasteiger partial charge is 0.250 e. The Bertz CT molecular complexity index is 1350. The molecule has 10 heteroatoms. The van der Waals surface area contributed by atoms with E-state index in [0.29, 0.717) is 22.1 Å². The fraction of sp³-hybridized carbons (Fsp3) is 0.0435. The van der Waals surface area contributed by atoms with Crippen molar-refractivity contribution in [1.82, 2.24) is 9.97 Å². The van der Waals surface area contributed by atoms with Crippen LogP contribution in [0.2, 0.25) is 0 Å². The van der Waals surface area contributed by atoms with Crippen LogP contribution in [0.15, 0.2) is 65.4 Å².